The SMILES string of the molecule is COc1ccc(OCC2(O)CCOCC2)c(Br)c1. The number of hydrogen-bond acceptors (Lipinski definition) is 4. The molecule has 100 valence electrons. The lowest BCUT2D eigenvalue weighted by Gasteiger charge is -2.31. The summed E-state index contributed by atoms with van der Waals surface area (Å²) in [5.74, 6) is 1.47. The van der Waals surface area contributed by atoms with Crippen LogP contribution < -0.4 is 9.47 Å². The third-order valence-corrected chi connectivity index (χ3v) is 3.68. The maximum atomic E-state index is 10.3. The van der Waals surface area contributed by atoms with E-state index in [4.69, 9.17) is 14.2 Å². The predicted molar refractivity (Wildman–Crippen MR) is 71.2 cm³/mol. The summed E-state index contributed by atoms with van der Waals surface area (Å²) in [4.78, 5) is 0. The normalized spacial score (nSPS) is 18.4. The van der Waals surface area contributed by atoms with Gasteiger partial charge in [0.2, 0.25) is 0 Å². The number of benzene rings is 1. The Morgan fingerprint density at radius 1 is 1.39 bits per heavy atom. The highest BCUT2D eigenvalue weighted by Gasteiger charge is 2.30. The first-order valence-electron chi connectivity index (χ1n) is 5.89. The van der Waals surface area contributed by atoms with Crippen LogP contribution in [0, 0.1) is 0 Å². The van der Waals surface area contributed by atoms with E-state index in [-0.39, 0.29) is 6.61 Å². The zero-order chi connectivity index (χ0) is 13.0. The van der Waals surface area contributed by atoms with Crippen molar-refractivity contribution in [2.24, 2.45) is 0 Å². The van der Waals surface area contributed by atoms with Crippen LogP contribution in [-0.4, -0.2) is 37.6 Å². The zero-order valence-corrected chi connectivity index (χ0v) is 11.9. The third-order valence-electron chi connectivity index (χ3n) is 3.06. The van der Waals surface area contributed by atoms with Crippen LogP contribution in [0.3, 0.4) is 0 Å². The van der Waals surface area contributed by atoms with Crippen molar-refractivity contribution in [3.63, 3.8) is 0 Å². The maximum Gasteiger partial charge on any atom is 0.133 e. The number of halogens is 1. The summed E-state index contributed by atoms with van der Waals surface area (Å²) in [6.45, 7) is 1.45. The first-order chi connectivity index (χ1) is 8.63. The lowest BCUT2D eigenvalue weighted by molar-refractivity contribution is -0.0856. The van der Waals surface area contributed by atoms with Gasteiger partial charge in [-0.05, 0) is 34.1 Å². The van der Waals surface area contributed by atoms with Gasteiger partial charge in [-0.15, -0.1) is 0 Å². The Morgan fingerprint density at radius 2 is 2.11 bits per heavy atom. The molecule has 1 aliphatic heterocycles. The van der Waals surface area contributed by atoms with Gasteiger partial charge in [-0.25, -0.2) is 0 Å². The molecule has 0 amide bonds. The molecule has 1 fully saturated rings. The van der Waals surface area contributed by atoms with Crippen LogP contribution in [-0.2, 0) is 4.74 Å². The van der Waals surface area contributed by atoms with E-state index in [0.29, 0.717) is 31.8 Å². The number of aliphatic hydroxyl groups is 1. The fraction of sp³-hybridized carbons (Fsp3) is 0.538. The molecule has 0 spiro atoms. The molecule has 0 bridgehead atoms. The van der Waals surface area contributed by atoms with Crippen LogP contribution in [0.4, 0.5) is 0 Å². The molecule has 0 aliphatic carbocycles. The fourth-order valence-electron chi connectivity index (χ4n) is 1.83. The molecule has 1 aromatic carbocycles. The standard InChI is InChI=1S/C13H17BrO4/c1-16-10-2-3-12(11(14)8-10)18-9-13(15)4-6-17-7-5-13/h2-3,8,15H,4-7,9H2,1H3. The van der Waals surface area contributed by atoms with Crippen LogP contribution in [0.5, 0.6) is 11.5 Å². The molecule has 1 saturated heterocycles. The lowest BCUT2D eigenvalue weighted by Crippen LogP contribution is -2.41. The Hall–Kier alpha value is -0.780. The van der Waals surface area contributed by atoms with Gasteiger partial charge in [-0.3, -0.25) is 0 Å². The average molecular weight is 317 g/mol. The summed E-state index contributed by atoms with van der Waals surface area (Å²) in [5.41, 5.74) is -0.780. The molecule has 0 saturated carbocycles. The van der Waals surface area contributed by atoms with Crippen molar-refractivity contribution in [3.05, 3.63) is 22.7 Å². The van der Waals surface area contributed by atoms with Crippen molar-refractivity contribution < 1.29 is 19.3 Å². The van der Waals surface area contributed by atoms with E-state index in [0.717, 1.165) is 10.2 Å². The molecule has 0 radical (unpaired) electrons. The monoisotopic (exact) mass is 316 g/mol. The van der Waals surface area contributed by atoms with Crippen LogP contribution in [0.1, 0.15) is 12.8 Å². The quantitative estimate of drug-likeness (QED) is 0.926. The Kier molecular flexibility index (Phi) is 4.48. The first kappa shape index (κ1) is 13.6. The topological polar surface area (TPSA) is 47.9 Å². The number of ether oxygens (including phenoxy) is 3. The average Bonchev–Trinajstić information content (AvgIpc) is 2.38. The molecule has 1 aliphatic rings. The Morgan fingerprint density at radius 3 is 2.72 bits per heavy atom. The summed E-state index contributed by atoms with van der Waals surface area (Å²) in [7, 11) is 1.62. The van der Waals surface area contributed by atoms with E-state index < -0.39 is 5.60 Å². The van der Waals surface area contributed by atoms with Crippen molar-refractivity contribution in [2.75, 3.05) is 26.9 Å². The minimum atomic E-state index is -0.780. The van der Waals surface area contributed by atoms with E-state index in [1.54, 1.807) is 7.11 Å². The van der Waals surface area contributed by atoms with Crippen molar-refractivity contribution in [2.45, 2.75) is 18.4 Å². The van der Waals surface area contributed by atoms with E-state index in [9.17, 15) is 5.11 Å². The molecule has 18 heavy (non-hydrogen) atoms. The molecule has 1 heterocycles. The van der Waals surface area contributed by atoms with Crippen LogP contribution >= 0.6 is 15.9 Å². The van der Waals surface area contributed by atoms with Gasteiger partial charge in [0.25, 0.3) is 0 Å². The van der Waals surface area contributed by atoms with Crippen molar-refractivity contribution >= 4 is 15.9 Å². The molecule has 0 aromatic heterocycles. The second kappa shape index (κ2) is 5.91. The Labute approximate surface area is 115 Å². The Balaban J connectivity index is 1.97. The highest BCUT2D eigenvalue weighted by Crippen LogP contribution is 2.30. The molecule has 0 atom stereocenters. The summed E-state index contributed by atoms with van der Waals surface area (Å²) < 4.78 is 16.8. The second-order valence-corrected chi connectivity index (χ2v) is 5.28. The van der Waals surface area contributed by atoms with E-state index in [1.807, 2.05) is 18.2 Å². The molecular formula is C13H17BrO4. The third kappa shape index (κ3) is 3.37. The van der Waals surface area contributed by atoms with E-state index in [2.05, 4.69) is 15.9 Å². The van der Waals surface area contributed by atoms with Crippen molar-refractivity contribution in [1.82, 2.24) is 0 Å². The summed E-state index contributed by atoms with van der Waals surface area (Å²) in [5, 5.41) is 10.3. The molecule has 4 nitrogen and oxygen atoms in total. The predicted octanol–water partition coefficient (Wildman–Crippen LogP) is 2.38. The van der Waals surface area contributed by atoms with Gasteiger partial charge in [-0.2, -0.15) is 0 Å². The lowest BCUT2D eigenvalue weighted by atomic mass is 9.96. The van der Waals surface area contributed by atoms with Crippen molar-refractivity contribution in [1.29, 1.82) is 0 Å². The second-order valence-electron chi connectivity index (χ2n) is 4.42. The maximum absolute atomic E-state index is 10.3. The van der Waals surface area contributed by atoms with Gasteiger partial charge < -0.3 is 19.3 Å². The summed E-state index contributed by atoms with van der Waals surface area (Å²) >= 11 is 3.42. The number of methoxy groups -OCH3 is 1. The van der Waals surface area contributed by atoms with Crippen LogP contribution in [0.25, 0.3) is 0 Å². The largest absolute Gasteiger partial charge is 0.497 e. The number of rotatable bonds is 4. The molecule has 0 unspecified atom stereocenters. The molecule has 5 heteroatoms. The van der Waals surface area contributed by atoms with Gasteiger partial charge in [0.15, 0.2) is 0 Å². The fourth-order valence-corrected chi connectivity index (χ4v) is 2.31. The van der Waals surface area contributed by atoms with E-state index >= 15 is 0 Å². The zero-order valence-electron chi connectivity index (χ0n) is 10.3. The van der Waals surface area contributed by atoms with Crippen molar-refractivity contribution in [3.8, 4) is 11.5 Å². The Bertz CT molecular complexity index is 402. The smallest absolute Gasteiger partial charge is 0.133 e. The minimum absolute atomic E-state index is 0.279. The van der Waals surface area contributed by atoms with E-state index in [1.165, 1.54) is 0 Å². The van der Waals surface area contributed by atoms with Gasteiger partial charge in [0.1, 0.15) is 23.7 Å². The molecular weight excluding hydrogens is 300 g/mol. The van der Waals surface area contributed by atoms with Gasteiger partial charge in [0, 0.05) is 26.1 Å². The summed E-state index contributed by atoms with van der Waals surface area (Å²) in [6, 6.07) is 5.49. The van der Waals surface area contributed by atoms with Crippen LogP contribution in [0.15, 0.2) is 22.7 Å². The molecule has 1 N–H and O–H groups in total. The van der Waals surface area contributed by atoms with Gasteiger partial charge in [-0.1, -0.05) is 0 Å². The minimum Gasteiger partial charge on any atom is -0.497 e. The first-order valence-corrected chi connectivity index (χ1v) is 6.69. The molecule has 1 aromatic rings. The number of hydrogen-bond donors (Lipinski definition) is 1. The van der Waals surface area contributed by atoms with Crippen LogP contribution in [0.2, 0.25) is 0 Å². The van der Waals surface area contributed by atoms with Gasteiger partial charge in [0.05, 0.1) is 11.6 Å². The molecule has 2 rings (SSSR count). The highest BCUT2D eigenvalue weighted by atomic mass is 79.9. The summed E-state index contributed by atoms with van der Waals surface area (Å²) in [6.07, 6.45) is 1.22. The van der Waals surface area contributed by atoms with Gasteiger partial charge >= 0.3 is 0 Å². The highest BCUT2D eigenvalue weighted by molar-refractivity contribution is 9.10.